The van der Waals surface area contributed by atoms with E-state index < -0.39 is 6.10 Å². The second-order valence-electron chi connectivity index (χ2n) is 4.21. The second-order valence-corrected chi connectivity index (χ2v) is 6.16. The van der Waals surface area contributed by atoms with Crippen LogP contribution in [-0.2, 0) is 7.05 Å². The Morgan fingerprint density at radius 3 is 2.61 bits per heavy atom. The van der Waals surface area contributed by atoms with Crippen molar-refractivity contribution in [1.29, 1.82) is 0 Å². The molecule has 1 aromatic heterocycles. The number of aryl methyl sites for hydroxylation is 2. The predicted molar refractivity (Wildman–Crippen MR) is 76.8 cm³/mol. The van der Waals surface area contributed by atoms with Crippen LogP contribution < -0.4 is 0 Å². The molecule has 0 aliphatic heterocycles. The summed E-state index contributed by atoms with van der Waals surface area (Å²) < 4.78 is 2.80. The van der Waals surface area contributed by atoms with E-state index in [1.807, 2.05) is 36.9 Å². The van der Waals surface area contributed by atoms with Gasteiger partial charge in [-0.15, -0.1) is 0 Å². The molecule has 96 valence electrons. The van der Waals surface area contributed by atoms with E-state index in [0.717, 1.165) is 25.7 Å². The molecule has 0 saturated carbocycles. The van der Waals surface area contributed by atoms with Crippen LogP contribution in [0.4, 0.5) is 0 Å². The Morgan fingerprint density at radius 2 is 2.11 bits per heavy atom. The number of hydrogen-bond donors (Lipinski definition) is 1. The molecule has 0 radical (unpaired) electrons. The van der Waals surface area contributed by atoms with Crippen molar-refractivity contribution in [2.24, 2.45) is 7.05 Å². The Kier molecular flexibility index (Phi) is 4.14. The Hall–Kier alpha value is -0.780. The highest BCUT2D eigenvalue weighted by Crippen LogP contribution is 2.32. The van der Waals surface area contributed by atoms with Crippen molar-refractivity contribution in [3.05, 3.63) is 40.0 Å². The lowest BCUT2D eigenvalue weighted by molar-refractivity contribution is 0.198. The molecule has 0 aliphatic rings. The summed E-state index contributed by atoms with van der Waals surface area (Å²) in [5.41, 5.74) is 1.92. The molecule has 2 rings (SSSR count). The maximum absolute atomic E-state index is 9.58. The molecule has 1 unspecified atom stereocenters. The summed E-state index contributed by atoms with van der Waals surface area (Å²) in [6, 6.07) is 8.04. The molecule has 0 bridgehead atoms. The molecular formula is C13H15BrN2OS. The smallest absolute Gasteiger partial charge is 0.0986 e. The van der Waals surface area contributed by atoms with E-state index in [-0.39, 0.29) is 0 Å². The van der Waals surface area contributed by atoms with Crippen molar-refractivity contribution >= 4 is 27.7 Å². The first-order valence-corrected chi connectivity index (χ1v) is 7.24. The Labute approximate surface area is 119 Å². The molecule has 1 aromatic carbocycles. The van der Waals surface area contributed by atoms with E-state index in [0.29, 0.717) is 0 Å². The summed E-state index contributed by atoms with van der Waals surface area (Å²) in [6.45, 7) is 3.74. The molecule has 0 fully saturated rings. The van der Waals surface area contributed by atoms with E-state index in [2.05, 4.69) is 27.1 Å². The summed E-state index contributed by atoms with van der Waals surface area (Å²) in [5.74, 6) is 0. The summed E-state index contributed by atoms with van der Waals surface area (Å²) in [4.78, 5) is 1.12. The van der Waals surface area contributed by atoms with Crippen molar-refractivity contribution in [1.82, 2.24) is 9.78 Å². The zero-order valence-electron chi connectivity index (χ0n) is 10.5. The Morgan fingerprint density at radius 1 is 1.39 bits per heavy atom. The van der Waals surface area contributed by atoms with Gasteiger partial charge in [0.05, 0.1) is 16.8 Å². The highest BCUT2D eigenvalue weighted by molar-refractivity contribution is 9.10. The monoisotopic (exact) mass is 326 g/mol. The van der Waals surface area contributed by atoms with Gasteiger partial charge in [0.2, 0.25) is 0 Å². The van der Waals surface area contributed by atoms with Crippen molar-refractivity contribution in [2.75, 3.05) is 0 Å². The molecule has 0 aliphatic carbocycles. The maximum atomic E-state index is 9.58. The average Bonchev–Trinajstić information content (AvgIpc) is 2.57. The van der Waals surface area contributed by atoms with Crippen LogP contribution >= 0.6 is 27.7 Å². The van der Waals surface area contributed by atoms with Gasteiger partial charge in [0.1, 0.15) is 0 Å². The number of nitrogens with zero attached hydrogens (tertiary/aromatic N) is 2. The van der Waals surface area contributed by atoms with Gasteiger partial charge in [0, 0.05) is 16.4 Å². The van der Waals surface area contributed by atoms with Crippen LogP contribution in [0.3, 0.4) is 0 Å². The number of benzene rings is 1. The molecule has 1 atom stereocenters. The number of aliphatic hydroxyl groups excluding tert-OH is 1. The van der Waals surface area contributed by atoms with Crippen LogP contribution in [0.25, 0.3) is 0 Å². The van der Waals surface area contributed by atoms with Gasteiger partial charge in [-0.2, -0.15) is 5.10 Å². The van der Waals surface area contributed by atoms with Gasteiger partial charge in [-0.1, -0.05) is 33.8 Å². The molecule has 1 N–H and O–H groups in total. The zero-order chi connectivity index (χ0) is 13.3. The second kappa shape index (κ2) is 5.47. The minimum atomic E-state index is -0.461. The van der Waals surface area contributed by atoms with Crippen molar-refractivity contribution < 1.29 is 5.11 Å². The van der Waals surface area contributed by atoms with Gasteiger partial charge in [-0.25, -0.2) is 0 Å². The quantitative estimate of drug-likeness (QED) is 0.934. The van der Waals surface area contributed by atoms with Crippen LogP contribution in [0.5, 0.6) is 0 Å². The fourth-order valence-corrected chi connectivity index (χ4v) is 3.53. The zero-order valence-corrected chi connectivity index (χ0v) is 12.9. The topological polar surface area (TPSA) is 38.0 Å². The third kappa shape index (κ3) is 2.96. The fraction of sp³-hybridized carbons (Fsp3) is 0.308. The third-order valence-corrected chi connectivity index (χ3v) is 4.37. The van der Waals surface area contributed by atoms with E-state index in [1.165, 1.54) is 0 Å². The fourth-order valence-electron chi connectivity index (χ4n) is 1.71. The predicted octanol–water partition coefficient (Wildman–Crippen LogP) is 3.70. The van der Waals surface area contributed by atoms with Crippen LogP contribution in [0.15, 0.2) is 38.7 Å². The minimum Gasteiger partial charge on any atom is -0.389 e. The number of halogens is 1. The Balaban J connectivity index is 2.25. The summed E-state index contributed by atoms with van der Waals surface area (Å²) >= 11 is 5.15. The maximum Gasteiger partial charge on any atom is 0.0986 e. The molecule has 0 spiro atoms. The normalized spacial score (nSPS) is 12.7. The van der Waals surface area contributed by atoms with Gasteiger partial charge >= 0.3 is 0 Å². The lowest BCUT2D eigenvalue weighted by Gasteiger charge is -2.09. The highest BCUT2D eigenvalue weighted by atomic mass is 79.9. The van der Waals surface area contributed by atoms with Gasteiger partial charge < -0.3 is 5.11 Å². The van der Waals surface area contributed by atoms with E-state index in [9.17, 15) is 5.11 Å². The number of aliphatic hydroxyl groups is 1. The molecule has 0 amide bonds. The van der Waals surface area contributed by atoms with Gasteiger partial charge in [0.15, 0.2) is 0 Å². The number of rotatable bonds is 3. The van der Waals surface area contributed by atoms with Crippen LogP contribution in [-0.4, -0.2) is 14.9 Å². The summed E-state index contributed by atoms with van der Waals surface area (Å²) in [7, 11) is 1.94. The lowest BCUT2D eigenvalue weighted by atomic mass is 10.1. The summed E-state index contributed by atoms with van der Waals surface area (Å²) in [6.07, 6.45) is -0.461. The van der Waals surface area contributed by atoms with Gasteiger partial charge in [0.25, 0.3) is 0 Å². The SMILES string of the molecule is Cc1cc(Sc2ccc(C(C)O)c(Br)c2)n(C)n1. The van der Waals surface area contributed by atoms with Crippen LogP contribution in [0.2, 0.25) is 0 Å². The highest BCUT2D eigenvalue weighted by Gasteiger charge is 2.09. The van der Waals surface area contributed by atoms with Crippen LogP contribution in [0, 0.1) is 6.92 Å². The third-order valence-electron chi connectivity index (χ3n) is 2.60. The summed E-state index contributed by atoms with van der Waals surface area (Å²) in [5, 5.41) is 15.0. The van der Waals surface area contributed by atoms with Crippen molar-refractivity contribution in [2.45, 2.75) is 29.9 Å². The van der Waals surface area contributed by atoms with E-state index in [1.54, 1.807) is 18.7 Å². The largest absolute Gasteiger partial charge is 0.389 e. The number of hydrogen-bond acceptors (Lipinski definition) is 3. The molecule has 18 heavy (non-hydrogen) atoms. The standard InChI is InChI=1S/C13H15BrN2OS/c1-8-6-13(16(3)15-8)18-10-4-5-11(9(2)17)12(14)7-10/h4-7,9,17H,1-3H3. The minimum absolute atomic E-state index is 0.461. The average molecular weight is 327 g/mol. The Bertz CT molecular complexity index is 566. The van der Waals surface area contributed by atoms with Crippen molar-refractivity contribution in [3.8, 4) is 0 Å². The molecule has 0 saturated heterocycles. The molecule has 1 heterocycles. The first kappa shape index (κ1) is 13.6. The first-order chi connectivity index (χ1) is 8.47. The van der Waals surface area contributed by atoms with E-state index in [4.69, 9.17) is 0 Å². The van der Waals surface area contributed by atoms with Crippen LogP contribution in [0.1, 0.15) is 24.3 Å². The van der Waals surface area contributed by atoms with Gasteiger partial charge in [-0.05, 0) is 37.6 Å². The molecular weight excluding hydrogens is 312 g/mol. The molecule has 5 heteroatoms. The first-order valence-electron chi connectivity index (χ1n) is 5.63. The molecule has 2 aromatic rings. The van der Waals surface area contributed by atoms with Gasteiger partial charge in [-0.3, -0.25) is 4.68 Å². The lowest BCUT2D eigenvalue weighted by Crippen LogP contribution is -1.94. The number of aromatic nitrogens is 2. The van der Waals surface area contributed by atoms with Crippen molar-refractivity contribution in [3.63, 3.8) is 0 Å². The van der Waals surface area contributed by atoms with E-state index >= 15 is 0 Å². The molecule has 3 nitrogen and oxygen atoms in total.